The Kier molecular flexibility index (Phi) is 7.35. The summed E-state index contributed by atoms with van der Waals surface area (Å²) in [5, 5.41) is 6.40. The lowest BCUT2D eigenvalue weighted by molar-refractivity contribution is -0.123. The van der Waals surface area contributed by atoms with Crippen LogP contribution >= 0.6 is 0 Å². The van der Waals surface area contributed by atoms with E-state index in [1.807, 2.05) is 43.3 Å². The first-order chi connectivity index (χ1) is 14.6. The Morgan fingerprint density at radius 1 is 0.833 bits per heavy atom. The lowest BCUT2D eigenvalue weighted by Crippen LogP contribution is -2.43. The van der Waals surface area contributed by atoms with Crippen molar-refractivity contribution < 1.29 is 14.3 Å². The minimum atomic E-state index is -0.398. The summed E-state index contributed by atoms with van der Waals surface area (Å²) in [6, 6.07) is 26.7. The van der Waals surface area contributed by atoms with Crippen molar-refractivity contribution in [1.29, 1.82) is 0 Å². The van der Waals surface area contributed by atoms with Gasteiger partial charge in [-0.3, -0.25) is 10.1 Å². The van der Waals surface area contributed by atoms with Gasteiger partial charge in [0.15, 0.2) is 0 Å². The maximum atomic E-state index is 12.7. The van der Waals surface area contributed by atoms with E-state index in [0.29, 0.717) is 12.1 Å². The average molecular weight is 402 g/mol. The molecule has 1 unspecified atom stereocenters. The van der Waals surface area contributed by atoms with Crippen molar-refractivity contribution in [2.24, 2.45) is 0 Å². The Morgan fingerprint density at radius 2 is 1.37 bits per heavy atom. The van der Waals surface area contributed by atoms with E-state index in [-0.39, 0.29) is 17.9 Å². The number of rotatable bonds is 8. The Balaban J connectivity index is 1.63. The molecule has 5 heteroatoms. The van der Waals surface area contributed by atoms with E-state index in [1.54, 1.807) is 24.3 Å². The van der Waals surface area contributed by atoms with E-state index in [2.05, 4.69) is 34.9 Å². The molecule has 0 aliphatic rings. The largest absolute Gasteiger partial charge is 0.465 e. The molecule has 0 heterocycles. The molecule has 1 amide bonds. The van der Waals surface area contributed by atoms with Gasteiger partial charge in [0.05, 0.1) is 24.8 Å². The Bertz CT molecular complexity index is 917. The number of nitrogens with one attached hydrogen (secondary N) is 2. The summed E-state index contributed by atoms with van der Waals surface area (Å²) < 4.78 is 4.70. The van der Waals surface area contributed by atoms with Crippen LogP contribution < -0.4 is 10.6 Å². The molecule has 1 atom stereocenters. The highest BCUT2D eigenvalue weighted by atomic mass is 16.5. The molecule has 3 rings (SSSR count). The zero-order valence-corrected chi connectivity index (χ0v) is 17.2. The molecule has 0 bridgehead atoms. The molecule has 0 aromatic heterocycles. The summed E-state index contributed by atoms with van der Waals surface area (Å²) in [6.45, 7) is 2.24. The van der Waals surface area contributed by atoms with Crippen LogP contribution in [0.2, 0.25) is 0 Å². The third-order valence-electron chi connectivity index (χ3n) is 4.92. The molecule has 3 aromatic rings. The van der Waals surface area contributed by atoms with E-state index >= 15 is 0 Å². The summed E-state index contributed by atoms with van der Waals surface area (Å²) in [6.07, 6.45) is 0. The number of benzene rings is 3. The van der Waals surface area contributed by atoms with Gasteiger partial charge in [0, 0.05) is 6.54 Å². The average Bonchev–Trinajstić information content (AvgIpc) is 2.81. The monoisotopic (exact) mass is 402 g/mol. The summed E-state index contributed by atoms with van der Waals surface area (Å²) >= 11 is 0. The fraction of sp³-hybridized carbons (Fsp3) is 0.200. The second-order valence-electron chi connectivity index (χ2n) is 7.05. The van der Waals surface area contributed by atoms with Gasteiger partial charge in [-0.15, -0.1) is 0 Å². The van der Waals surface area contributed by atoms with Crippen LogP contribution in [0.5, 0.6) is 0 Å². The van der Waals surface area contributed by atoms with Gasteiger partial charge >= 0.3 is 5.97 Å². The van der Waals surface area contributed by atoms with Crippen molar-refractivity contribution in [2.45, 2.75) is 25.6 Å². The van der Waals surface area contributed by atoms with Gasteiger partial charge in [-0.25, -0.2) is 4.79 Å². The molecule has 3 aromatic carbocycles. The second kappa shape index (κ2) is 10.4. The van der Waals surface area contributed by atoms with Crippen molar-refractivity contribution in [3.05, 3.63) is 107 Å². The summed E-state index contributed by atoms with van der Waals surface area (Å²) in [4.78, 5) is 24.2. The van der Waals surface area contributed by atoms with Crippen LogP contribution in [0, 0.1) is 0 Å². The number of esters is 1. The van der Waals surface area contributed by atoms with Crippen LogP contribution in [-0.2, 0) is 16.1 Å². The highest BCUT2D eigenvalue weighted by molar-refractivity contribution is 5.89. The van der Waals surface area contributed by atoms with Crippen LogP contribution in [0.1, 0.15) is 40.0 Å². The SMILES string of the molecule is COC(=O)c1ccc(CNC(=O)C(C)NC(c2ccccc2)c2ccccc2)cc1. The first kappa shape index (κ1) is 21.3. The molecule has 0 aliphatic carbocycles. The number of hydrogen-bond acceptors (Lipinski definition) is 4. The van der Waals surface area contributed by atoms with E-state index in [9.17, 15) is 9.59 Å². The third-order valence-corrected chi connectivity index (χ3v) is 4.92. The first-order valence-corrected chi connectivity index (χ1v) is 9.89. The van der Waals surface area contributed by atoms with E-state index in [1.165, 1.54) is 7.11 Å². The minimum absolute atomic E-state index is 0.0903. The molecule has 0 fully saturated rings. The van der Waals surface area contributed by atoms with Gasteiger partial charge in [0.2, 0.25) is 5.91 Å². The van der Waals surface area contributed by atoms with Crippen molar-refractivity contribution in [3.8, 4) is 0 Å². The molecule has 0 radical (unpaired) electrons. The molecule has 0 spiro atoms. The summed E-state index contributed by atoms with van der Waals surface area (Å²) in [5.41, 5.74) is 3.59. The lowest BCUT2D eigenvalue weighted by atomic mass is 9.98. The maximum absolute atomic E-state index is 12.7. The Hall–Kier alpha value is -3.44. The van der Waals surface area contributed by atoms with Crippen LogP contribution in [0.15, 0.2) is 84.9 Å². The quantitative estimate of drug-likeness (QED) is 0.562. The zero-order chi connectivity index (χ0) is 21.3. The lowest BCUT2D eigenvalue weighted by Gasteiger charge is -2.24. The number of carbonyl (C=O) groups excluding carboxylic acids is 2. The normalized spacial score (nSPS) is 11.7. The molecule has 0 saturated heterocycles. The number of hydrogen-bond donors (Lipinski definition) is 2. The standard InChI is InChI=1S/C25H26N2O3/c1-18(24(28)26-17-19-13-15-22(16-14-19)25(29)30-2)27-23(20-9-5-3-6-10-20)21-11-7-4-8-12-21/h3-16,18,23,27H,17H2,1-2H3,(H,26,28). The van der Waals surface area contributed by atoms with Crippen molar-refractivity contribution >= 4 is 11.9 Å². The first-order valence-electron chi connectivity index (χ1n) is 9.89. The molecule has 30 heavy (non-hydrogen) atoms. The fourth-order valence-electron chi connectivity index (χ4n) is 3.22. The Morgan fingerprint density at radius 3 is 1.87 bits per heavy atom. The highest BCUT2D eigenvalue weighted by Gasteiger charge is 2.20. The molecule has 0 saturated carbocycles. The van der Waals surface area contributed by atoms with Gasteiger partial charge in [-0.05, 0) is 35.7 Å². The van der Waals surface area contributed by atoms with Gasteiger partial charge in [0.1, 0.15) is 0 Å². The predicted molar refractivity (Wildman–Crippen MR) is 117 cm³/mol. The number of methoxy groups -OCH3 is 1. The Labute approximate surface area is 177 Å². The van der Waals surface area contributed by atoms with Crippen LogP contribution in [-0.4, -0.2) is 25.0 Å². The molecule has 5 nitrogen and oxygen atoms in total. The number of amides is 1. The smallest absolute Gasteiger partial charge is 0.337 e. The topological polar surface area (TPSA) is 67.4 Å². The number of carbonyl (C=O) groups is 2. The summed E-state index contributed by atoms with van der Waals surface area (Å²) in [5.74, 6) is -0.472. The molecule has 0 aliphatic heterocycles. The molecular weight excluding hydrogens is 376 g/mol. The van der Waals surface area contributed by atoms with Gasteiger partial charge < -0.3 is 10.1 Å². The van der Waals surface area contributed by atoms with E-state index < -0.39 is 6.04 Å². The zero-order valence-electron chi connectivity index (χ0n) is 17.2. The molecule has 154 valence electrons. The minimum Gasteiger partial charge on any atom is -0.465 e. The van der Waals surface area contributed by atoms with Gasteiger partial charge in [-0.2, -0.15) is 0 Å². The van der Waals surface area contributed by atoms with E-state index in [0.717, 1.165) is 16.7 Å². The predicted octanol–water partition coefficient (Wildman–Crippen LogP) is 3.86. The summed E-state index contributed by atoms with van der Waals surface area (Å²) in [7, 11) is 1.35. The third kappa shape index (κ3) is 5.55. The van der Waals surface area contributed by atoms with Crippen LogP contribution in [0.3, 0.4) is 0 Å². The molecular formula is C25H26N2O3. The van der Waals surface area contributed by atoms with Gasteiger partial charge in [0.25, 0.3) is 0 Å². The molecule has 2 N–H and O–H groups in total. The van der Waals surface area contributed by atoms with Gasteiger partial charge in [-0.1, -0.05) is 72.8 Å². The second-order valence-corrected chi connectivity index (χ2v) is 7.05. The van der Waals surface area contributed by atoms with E-state index in [4.69, 9.17) is 4.74 Å². The fourth-order valence-corrected chi connectivity index (χ4v) is 3.22. The van der Waals surface area contributed by atoms with Crippen molar-refractivity contribution in [2.75, 3.05) is 7.11 Å². The number of ether oxygens (including phenoxy) is 1. The van der Waals surface area contributed by atoms with Crippen molar-refractivity contribution in [1.82, 2.24) is 10.6 Å². The highest BCUT2D eigenvalue weighted by Crippen LogP contribution is 2.22. The van der Waals surface area contributed by atoms with Crippen LogP contribution in [0.4, 0.5) is 0 Å². The van der Waals surface area contributed by atoms with Crippen LogP contribution in [0.25, 0.3) is 0 Å². The van der Waals surface area contributed by atoms with Crippen molar-refractivity contribution in [3.63, 3.8) is 0 Å². The maximum Gasteiger partial charge on any atom is 0.337 e.